The number of hydrogen-bond acceptors (Lipinski definition) is 6. The molecule has 1 aromatic heterocycles. The summed E-state index contributed by atoms with van der Waals surface area (Å²) in [6.07, 6.45) is 3.38. The van der Waals surface area contributed by atoms with Crippen LogP contribution >= 0.6 is 11.3 Å². The molecule has 3 heterocycles. The maximum Gasteiger partial charge on any atom is 0.225 e. The van der Waals surface area contributed by atoms with Crippen LogP contribution < -0.4 is 4.74 Å². The predicted octanol–water partition coefficient (Wildman–Crippen LogP) is 3.18. The number of para-hydroxylation sites is 1. The molecule has 7 nitrogen and oxygen atoms in total. The summed E-state index contributed by atoms with van der Waals surface area (Å²) in [6.45, 7) is 4.51. The summed E-state index contributed by atoms with van der Waals surface area (Å²) in [6, 6.07) is 7.86. The van der Waals surface area contributed by atoms with Gasteiger partial charge in [-0.1, -0.05) is 23.5 Å². The second kappa shape index (κ2) is 9.12. The highest BCUT2D eigenvalue weighted by Gasteiger charge is 2.32. The van der Waals surface area contributed by atoms with Crippen molar-refractivity contribution in [3.05, 3.63) is 29.3 Å². The molecular formula is C22H28N4O3S. The lowest BCUT2D eigenvalue weighted by Crippen LogP contribution is -2.46. The number of carbonyl (C=O) groups excluding carboxylic acids is 2. The van der Waals surface area contributed by atoms with Gasteiger partial charge in [-0.05, 0) is 37.8 Å². The Morgan fingerprint density at radius 1 is 1.00 bits per heavy atom. The van der Waals surface area contributed by atoms with Crippen LogP contribution in [0.2, 0.25) is 0 Å². The largest absolute Gasteiger partial charge is 0.496 e. The fraction of sp³-hybridized carbons (Fsp3) is 0.545. The Bertz CT molecular complexity index is 899. The number of rotatable bonds is 4. The van der Waals surface area contributed by atoms with E-state index in [1.807, 2.05) is 34.1 Å². The summed E-state index contributed by atoms with van der Waals surface area (Å²) >= 11 is 1.62. The van der Waals surface area contributed by atoms with Crippen molar-refractivity contribution in [3.63, 3.8) is 0 Å². The van der Waals surface area contributed by atoms with Gasteiger partial charge in [-0.2, -0.15) is 0 Å². The van der Waals surface area contributed by atoms with Crippen molar-refractivity contribution in [2.45, 2.75) is 38.5 Å². The zero-order valence-electron chi connectivity index (χ0n) is 17.5. The molecule has 8 heteroatoms. The topological polar surface area (TPSA) is 75.6 Å². The zero-order valence-corrected chi connectivity index (χ0v) is 18.4. The lowest BCUT2D eigenvalue weighted by Gasteiger charge is -2.36. The van der Waals surface area contributed by atoms with E-state index in [1.165, 1.54) is 0 Å². The van der Waals surface area contributed by atoms with Crippen molar-refractivity contribution in [1.29, 1.82) is 0 Å². The molecule has 2 amide bonds. The van der Waals surface area contributed by atoms with Gasteiger partial charge in [-0.15, -0.1) is 10.2 Å². The monoisotopic (exact) mass is 428 g/mol. The second-order valence-corrected chi connectivity index (χ2v) is 9.03. The van der Waals surface area contributed by atoms with Crippen LogP contribution in [0.5, 0.6) is 5.75 Å². The van der Waals surface area contributed by atoms with Crippen LogP contribution in [0, 0.1) is 5.92 Å². The lowest BCUT2D eigenvalue weighted by molar-refractivity contribution is -0.140. The van der Waals surface area contributed by atoms with Crippen LogP contribution in [-0.4, -0.2) is 65.1 Å². The number of piperidine rings is 2. The third-order valence-corrected chi connectivity index (χ3v) is 7.34. The Balaban J connectivity index is 1.33. The lowest BCUT2D eigenvalue weighted by atomic mass is 9.92. The smallest absolute Gasteiger partial charge is 0.225 e. The fourth-order valence-electron chi connectivity index (χ4n) is 4.38. The standard InChI is InChI=1S/C22H28N4O3S/c1-15(27)25-11-9-17(10-12-25)22(28)26-13-7-16(8-14-26)20-23-24-21(30-20)18-5-3-4-6-19(18)29-2/h3-6,16-17H,7-14H2,1-2H3. The number of likely N-dealkylation sites (tertiary alicyclic amines) is 2. The van der Waals surface area contributed by atoms with Gasteiger partial charge in [0.25, 0.3) is 0 Å². The van der Waals surface area contributed by atoms with Crippen molar-refractivity contribution in [1.82, 2.24) is 20.0 Å². The summed E-state index contributed by atoms with van der Waals surface area (Å²) in [4.78, 5) is 28.3. The quantitative estimate of drug-likeness (QED) is 0.748. The molecular weight excluding hydrogens is 400 g/mol. The van der Waals surface area contributed by atoms with Gasteiger partial charge in [0.2, 0.25) is 11.8 Å². The maximum absolute atomic E-state index is 12.9. The number of hydrogen-bond donors (Lipinski definition) is 0. The summed E-state index contributed by atoms with van der Waals surface area (Å²) in [5.74, 6) is 1.55. The van der Waals surface area contributed by atoms with Gasteiger partial charge in [0.05, 0.1) is 12.7 Å². The Morgan fingerprint density at radius 2 is 1.67 bits per heavy atom. The van der Waals surface area contributed by atoms with Gasteiger partial charge in [-0.3, -0.25) is 9.59 Å². The molecule has 2 aliphatic rings. The van der Waals surface area contributed by atoms with Crippen LogP contribution in [0.4, 0.5) is 0 Å². The first-order valence-electron chi connectivity index (χ1n) is 10.6. The van der Waals surface area contributed by atoms with E-state index in [0.29, 0.717) is 19.0 Å². The molecule has 2 aliphatic heterocycles. The van der Waals surface area contributed by atoms with Crippen LogP contribution in [-0.2, 0) is 9.59 Å². The Hall–Kier alpha value is -2.48. The molecule has 0 N–H and O–H groups in total. The minimum absolute atomic E-state index is 0.0517. The van der Waals surface area contributed by atoms with Crippen LogP contribution in [0.3, 0.4) is 0 Å². The van der Waals surface area contributed by atoms with Gasteiger partial charge in [0, 0.05) is 44.9 Å². The number of amides is 2. The minimum Gasteiger partial charge on any atom is -0.496 e. The number of ether oxygens (including phenoxy) is 1. The highest BCUT2D eigenvalue weighted by molar-refractivity contribution is 7.14. The SMILES string of the molecule is COc1ccccc1-c1nnc(C2CCN(C(=O)C3CCN(C(C)=O)CC3)CC2)s1. The number of carbonyl (C=O) groups is 2. The van der Waals surface area contributed by atoms with Crippen molar-refractivity contribution in [2.24, 2.45) is 5.92 Å². The summed E-state index contributed by atoms with van der Waals surface area (Å²) in [5, 5.41) is 10.8. The maximum atomic E-state index is 12.9. The average molecular weight is 429 g/mol. The molecule has 0 aliphatic carbocycles. The van der Waals surface area contributed by atoms with Gasteiger partial charge in [0.15, 0.2) is 5.01 Å². The molecule has 0 atom stereocenters. The molecule has 2 saturated heterocycles. The van der Waals surface area contributed by atoms with E-state index in [9.17, 15) is 9.59 Å². The van der Waals surface area contributed by atoms with Gasteiger partial charge >= 0.3 is 0 Å². The molecule has 0 unspecified atom stereocenters. The second-order valence-electron chi connectivity index (χ2n) is 8.03. The minimum atomic E-state index is 0.0517. The van der Waals surface area contributed by atoms with E-state index in [0.717, 1.165) is 60.1 Å². The first-order chi connectivity index (χ1) is 14.6. The highest BCUT2D eigenvalue weighted by Crippen LogP contribution is 2.37. The average Bonchev–Trinajstić information content (AvgIpc) is 3.29. The normalized spacial score (nSPS) is 18.5. The number of benzene rings is 1. The Morgan fingerprint density at radius 3 is 2.33 bits per heavy atom. The molecule has 2 fully saturated rings. The first-order valence-corrected chi connectivity index (χ1v) is 11.4. The van der Waals surface area contributed by atoms with E-state index >= 15 is 0 Å². The predicted molar refractivity (Wildman–Crippen MR) is 115 cm³/mol. The molecule has 30 heavy (non-hydrogen) atoms. The van der Waals surface area contributed by atoms with Gasteiger partial charge in [0.1, 0.15) is 10.8 Å². The first kappa shape index (κ1) is 20.8. The van der Waals surface area contributed by atoms with E-state index in [4.69, 9.17) is 4.74 Å². The Labute approximate surface area is 181 Å². The molecule has 1 aromatic carbocycles. The van der Waals surface area contributed by atoms with Gasteiger partial charge < -0.3 is 14.5 Å². The Kier molecular flexibility index (Phi) is 6.32. The molecule has 4 rings (SSSR count). The number of methoxy groups -OCH3 is 1. The van der Waals surface area contributed by atoms with Crippen LogP contribution in [0.1, 0.15) is 43.5 Å². The third kappa shape index (κ3) is 4.33. The van der Waals surface area contributed by atoms with E-state index in [1.54, 1.807) is 25.4 Å². The summed E-state index contributed by atoms with van der Waals surface area (Å²) < 4.78 is 5.45. The highest BCUT2D eigenvalue weighted by atomic mass is 32.1. The van der Waals surface area contributed by atoms with E-state index in [2.05, 4.69) is 10.2 Å². The molecule has 0 spiro atoms. The molecule has 2 aromatic rings. The molecule has 0 bridgehead atoms. The summed E-state index contributed by atoms with van der Waals surface area (Å²) in [5.41, 5.74) is 0.966. The van der Waals surface area contributed by atoms with Crippen LogP contribution in [0.25, 0.3) is 10.6 Å². The van der Waals surface area contributed by atoms with Crippen molar-refractivity contribution in [3.8, 4) is 16.3 Å². The van der Waals surface area contributed by atoms with Crippen molar-refractivity contribution >= 4 is 23.2 Å². The van der Waals surface area contributed by atoms with Crippen molar-refractivity contribution < 1.29 is 14.3 Å². The molecule has 0 saturated carbocycles. The number of aromatic nitrogens is 2. The van der Waals surface area contributed by atoms with Crippen molar-refractivity contribution in [2.75, 3.05) is 33.3 Å². The number of nitrogens with zero attached hydrogens (tertiary/aromatic N) is 4. The molecule has 0 radical (unpaired) electrons. The fourth-order valence-corrected chi connectivity index (χ4v) is 5.42. The van der Waals surface area contributed by atoms with E-state index in [-0.39, 0.29) is 17.7 Å². The van der Waals surface area contributed by atoms with Gasteiger partial charge in [-0.25, -0.2) is 0 Å². The zero-order chi connectivity index (χ0) is 21.1. The van der Waals surface area contributed by atoms with Crippen LogP contribution in [0.15, 0.2) is 24.3 Å². The van der Waals surface area contributed by atoms with E-state index < -0.39 is 0 Å². The summed E-state index contributed by atoms with van der Waals surface area (Å²) in [7, 11) is 1.66. The third-order valence-electron chi connectivity index (χ3n) is 6.22. The molecule has 160 valence electrons.